The maximum Gasteiger partial charge on any atom is 0.272 e. The number of carbonyl (C=O) groups is 1. The van der Waals surface area contributed by atoms with Crippen LogP contribution in [0, 0.1) is 0 Å². The molecule has 0 unspecified atom stereocenters. The highest BCUT2D eigenvalue weighted by Crippen LogP contribution is 2.32. The van der Waals surface area contributed by atoms with Crippen LogP contribution in [-0.2, 0) is 0 Å². The summed E-state index contributed by atoms with van der Waals surface area (Å²) in [5.74, 6) is -0.402. The summed E-state index contributed by atoms with van der Waals surface area (Å²) in [5.41, 5.74) is 6.00. The zero-order valence-electron chi connectivity index (χ0n) is 15.5. The van der Waals surface area contributed by atoms with Gasteiger partial charge in [0.2, 0.25) is 0 Å². The van der Waals surface area contributed by atoms with Gasteiger partial charge in [0.25, 0.3) is 5.91 Å². The summed E-state index contributed by atoms with van der Waals surface area (Å²) in [4.78, 5) is 17.6. The Labute approximate surface area is 186 Å². The summed E-state index contributed by atoms with van der Waals surface area (Å²) in [6.45, 7) is 0. The van der Waals surface area contributed by atoms with Crippen molar-refractivity contribution in [3.05, 3.63) is 93.4 Å². The van der Waals surface area contributed by atoms with Crippen LogP contribution < -0.4 is 5.43 Å². The Bertz CT molecular complexity index is 1250. The number of rotatable bonds is 4. The number of benzene rings is 3. The molecule has 0 aliphatic heterocycles. The number of para-hydroxylation sites is 1. The predicted octanol–water partition coefficient (Wildman–Crippen LogP) is 5.79. The number of carbonyl (C=O) groups excluding carboxylic acids is 1. The predicted molar refractivity (Wildman–Crippen MR) is 123 cm³/mol. The van der Waals surface area contributed by atoms with Gasteiger partial charge < -0.3 is 5.11 Å². The van der Waals surface area contributed by atoms with Crippen LogP contribution >= 0.6 is 27.5 Å². The maximum absolute atomic E-state index is 12.9. The van der Waals surface area contributed by atoms with E-state index in [0.717, 1.165) is 16.5 Å². The first-order chi connectivity index (χ1) is 14.5. The number of halogens is 2. The van der Waals surface area contributed by atoms with Crippen molar-refractivity contribution in [2.75, 3.05) is 0 Å². The molecule has 148 valence electrons. The molecule has 0 spiro atoms. The van der Waals surface area contributed by atoms with Gasteiger partial charge in [0.05, 0.1) is 32.5 Å². The average molecular weight is 481 g/mol. The van der Waals surface area contributed by atoms with Crippen molar-refractivity contribution in [3.8, 4) is 17.0 Å². The van der Waals surface area contributed by atoms with Crippen LogP contribution in [0.25, 0.3) is 22.2 Å². The van der Waals surface area contributed by atoms with Crippen molar-refractivity contribution >= 4 is 50.6 Å². The topological polar surface area (TPSA) is 74.6 Å². The molecule has 0 bridgehead atoms. The van der Waals surface area contributed by atoms with Gasteiger partial charge in [-0.15, -0.1) is 0 Å². The lowest BCUT2D eigenvalue weighted by Gasteiger charge is -2.09. The van der Waals surface area contributed by atoms with E-state index in [-0.39, 0.29) is 16.7 Å². The molecule has 0 radical (unpaired) electrons. The van der Waals surface area contributed by atoms with Crippen LogP contribution in [0.3, 0.4) is 0 Å². The molecule has 0 aliphatic carbocycles. The molecule has 5 nitrogen and oxygen atoms in total. The third kappa shape index (κ3) is 4.20. The maximum atomic E-state index is 12.9. The molecule has 1 heterocycles. The number of nitrogens with one attached hydrogen (secondary N) is 1. The summed E-state index contributed by atoms with van der Waals surface area (Å²) < 4.78 is 0.440. The monoisotopic (exact) mass is 479 g/mol. The molecule has 0 aliphatic rings. The molecule has 0 saturated heterocycles. The van der Waals surface area contributed by atoms with Crippen LogP contribution in [0.15, 0.2) is 82.4 Å². The summed E-state index contributed by atoms with van der Waals surface area (Å²) >= 11 is 9.18. The number of amides is 1. The first-order valence-corrected chi connectivity index (χ1v) is 10.2. The number of hydrazone groups is 1. The van der Waals surface area contributed by atoms with Gasteiger partial charge in [0.1, 0.15) is 5.75 Å². The van der Waals surface area contributed by atoms with Crippen LogP contribution in [-0.4, -0.2) is 22.2 Å². The van der Waals surface area contributed by atoms with E-state index in [2.05, 4.69) is 31.4 Å². The van der Waals surface area contributed by atoms with E-state index in [0.29, 0.717) is 21.3 Å². The highest BCUT2D eigenvalue weighted by molar-refractivity contribution is 9.10. The minimum Gasteiger partial charge on any atom is -0.505 e. The molecule has 7 heteroatoms. The lowest BCUT2D eigenvalue weighted by Crippen LogP contribution is -2.18. The number of nitrogens with zero attached hydrogens (tertiary/aromatic N) is 2. The van der Waals surface area contributed by atoms with Crippen molar-refractivity contribution < 1.29 is 9.90 Å². The number of aromatic nitrogens is 1. The van der Waals surface area contributed by atoms with Crippen LogP contribution in [0.5, 0.6) is 5.75 Å². The Hall–Kier alpha value is -3.22. The number of fused-ring (bicyclic) bond motifs is 1. The Morgan fingerprint density at radius 1 is 1.07 bits per heavy atom. The molecular formula is C23H15BrClN3O2. The smallest absolute Gasteiger partial charge is 0.272 e. The average Bonchev–Trinajstić information content (AvgIpc) is 2.77. The van der Waals surface area contributed by atoms with Gasteiger partial charge in [-0.1, -0.05) is 60.1 Å². The third-order valence-corrected chi connectivity index (χ3v) is 5.34. The van der Waals surface area contributed by atoms with E-state index in [9.17, 15) is 9.90 Å². The minimum absolute atomic E-state index is 0.0467. The minimum atomic E-state index is -0.356. The van der Waals surface area contributed by atoms with Crippen molar-refractivity contribution in [1.82, 2.24) is 10.4 Å². The molecule has 1 amide bonds. The normalized spacial score (nSPS) is 11.1. The molecule has 3 aromatic carbocycles. The molecule has 0 atom stereocenters. The zero-order chi connectivity index (χ0) is 21.1. The first kappa shape index (κ1) is 20.1. The fourth-order valence-corrected chi connectivity index (χ4v) is 3.83. The Morgan fingerprint density at radius 2 is 1.80 bits per heavy atom. The van der Waals surface area contributed by atoms with E-state index in [4.69, 9.17) is 11.6 Å². The molecule has 4 rings (SSSR count). The number of phenols is 1. The number of hydrogen-bond acceptors (Lipinski definition) is 4. The molecule has 1 aromatic heterocycles. The van der Waals surface area contributed by atoms with Crippen LogP contribution in [0.4, 0.5) is 0 Å². The second-order valence-corrected chi connectivity index (χ2v) is 7.73. The third-order valence-electron chi connectivity index (χ3n) is 4.45. The van der Waals surface area contributed by atoms with E-state index < -0.39 is 0 Å². The second-order valence-electron chi connectivity index (χ2n) is 6.47. The van der Waals surface area contributed by atoms with E-state index in [1.54, 1.807) is 18.2 Å². The van der Waals surface area contributed by atoms with Crippen LogP contribution in [0.1, 0.15) is 15.9 Å². The first-order valence-electron chi connectivity index (χ1n) is 8.99. The van der Waals surface area contributed by atoms with Gasteiger partial charge in [0, 0.05) is 10.9 Å². The van der Waals surface area contributed by atoms with Crippen molar-refractivity contribution in [2.24, 2.45) is 5.10 Å². The van der Waals surface area contributed by atoms with Crippen LogP contribution in [0.2, 0.25) is 5.02 Å². The number of pyridine rings is 1. The summed E-state index contributed by atoms with van der Waals surface area (Å²) in [6, 6.07) is 22.1. The molecular weight excluding hydrogens is 466 g/mol. The standard InChI is InChI=1S/C23H15BrClN3O2/c24-18-10-14(11-19(25)22(18)29)13-26-28-23(30)17-12-21(15-6-2-1-3-7-15)27-20-9-5-4-8-16(17)20/h1-13,29H,(H,28,30)/b26-13+. The fraction of sp³-hybridized carbons (Fsp3) is 0. The Morgan fingerprint density at radius 3 is 2.57 bits per heavy atom. The summed E-state index contributed by atoms with van der Waals surface area (Å²) in [6.07, 6.45) is 1.45. The molecule has 0 fully saturated rings. The van der Waals surface area contributed by atoms with Crippen molar-refractivity contribution in [3.63, 3.8) is 0 Å². The molecule has 30 heavy (non-hydrogen) atoms. The van der Waals surface area contributed by atoms with E-state index >= 15 is 0 Å². The van der Waals surface area contributed by atoms with E-state index in [1.807, 2.05) is 54.6 Å². The Balaban J connectivity index is 1.66. The van der Waals surface area contributed by atoms with Gasteiger partial charge in [0.15, 0.2) is 0 Å². The number of phenolic OH excluding ortho intramolecular Hbond substituents is 1. The zero-order valence-corrected chi connectivity index (χ0v) is 17.9. The van der Waals surface area contributed by atoms with Gasteiger partial charge in [-0.2, -0.15) is 5.10 Å². The van der Waals surface area contributed by atoms with Gasteiger partial charge >= 0.3 is 0 Å². The quantitative estimate of drug-likeness (QED) is 0.287. The SMILES string of the molecule is O=C(N/N=C/c1cc(Cl)c(O)c(Br)c1)c1cc(-c2ccccc2)nc2ccccc12. The lowest BCUT2D eigenvalue weighted by molar-refractivity contribution is 0.0956. The number of hydrogen-bond donors (Lipinski definition) is 2. The van der Waals surface area contributed by atoms with Crippen molar-refractivity contribution in [2.45, 2.75) is 0 Å². The molecule has 2 N–H and O–H groups in total. The molecule has 4 aromatic rings. The largest absolute Gasteiger partial charge is 0.505 e. The van der Waals surface area contributed by atoms with Gasteiger partial charge in [-0.25, -0.2) is 10.4 Å². The van der Waals surface area contributed by atoms with Crippen molar-refractivity contribution in [1.29, 1.82) is 0 Å². The van der Waals surface area contributed by atoms with E-state index in [1.165, 1.54) is 6.21 Å². The Kier molecular flexibility index (Phi) is 5.79. The highest BCUT2D eigenvalue weighted by atomic mass is 79.9. The van der Waals surface area contributed by atoms with Gasteiger partial charge in [-0.05, 0) is 45.8 Å². The fourth-order valence-electron chi connectivity index (χ4n) is 3.01. The van der Waals surface area contributed by atoms with Gasteiger partial charge in [-0.3, -0.25) is 4.79 Å². The second kappa shape index (κ2) is 8.65. The highest BCUT2D eigenvalue weighted by Gasteiger charge is 2.13. The lowest BCUT2D eigenvalue weighted by atomic mass is 10.0. The number of aromatic hydroxyl groups is 1. The summed E-state index contributed by atoms with van der Waals surface area (Å²) in [5, 5.41) is 14.7. The molecule has 0 saturated carbocycles. The summed E-state index contributed by atoms with van der Waals surface area (Å²) in [7, 11) is 0.